The minimum atomic E-state index is -0.498. The number of carbonyl (C=O) groups is 1. The fourth-order valence-electron chi connectivity index (χ4n) is 2.86. The lowest BCUT2D eigenvalue weighted by molar-refractivity contribution is -0.119. The molecule has 1 amide bonds. The maximum absolute atomic E-state index is 14.3. The minimum absolute atomic E-state index is 0.0342. The summed E-state index contributed by atoms with van der Waals surface area (Å²) in [5, 5.41) is 2.91. The zero-order chi connectivity index (χ0) is 18.7. The number of hydrogen-bond donors (Lipinski definition) is 2. The monoisotopic (exact) mass is 376 g/mol. The van der Waals surface area contributed by atoms with E-state index in [9.17, 15) is 14.0 Å². The van der Waals surface area contributed by atoms with Gasteiger partial charge in [0.1, 0.15) is 5.02 Å². The fraction of sp³-hybridized carbons (Fsp3) is 0.263. The number of rotatable bonds is 5. The van der Waals surface area contributed by atoms with E-state index in [0.717, 1.165) is 0 Å². The van der Waals surface area contributed by atoms with Crippen LogP contribution in [-0.4, -0.2) is 23.5 Å². The van der Waals surface area contributed by atoms with Crippen molar-refractivity contribution in [3.05, 3.63) is 68.9 Å². The second-order valence-electron chi connectivity index (χ2n) is 5.92. The molecule has 2 heterocycles. The largest absolute Gasteiger partial charge is 0.491 e. The molecule has 136 valence electrons. The van der Waals surface area contributed by atoms with Crippen LogP contribution in [0.3, 0.4) is 0 Å². The number of ether oxygens (including phenoxy) is 1. The number of pyridine rings is 1. The van der Waals surface area contributed by atoms with E-state index in [1.807, 2.05) is 6.08 Å². The van der Waals surface area contributed by atoms with Crippen LogP contribution in [-0.2, 0) is 4.79 Å². The van der Waals surface area contributed by atoms with E-state index in [1.165, 1.54) is 12.1 Å². The smallest absolute Gasteiger partial charge is 0.267 e. The fourth-order valence-corrected chi connectivity index (χ4v) is 2.97. The second-order valence-corrected chi connectivity index (χ2v) is 6.33. The van der Waals surface area contributed by atoms with Crippen molar-refractivity contribution in [3.63, 3.8) is 0 Å². The number of carbonyl (C=O) groups excluding carboxylic acids is 1. The zero-order valence-corrected chi connectivity index (χ0v) is 14.9. The Morgan fingerprint density at radius 2 is 2.15 bits per heavy atom. The number of nitrogens with one attached hydrogen (secondary N) is 2. The topological polar surface area (TPSA) is 71.2 Å². The van der Waals surface area contributed by atoms with Gasteiger partial charge in [0.25, 0.3) is 5.56 Å². The summed E-state index contributed by atoms with van der Waals surface area (Å²) >= 11 is 5.80. The Hall–Kier alpha value is -2.60. The number of amides is 1. The zero-order valence-electron chi connectivity index (χ0n) is 14.1. The van der Waals surface area contributed by atoms with Gasteiger partial charge in [-0.3, -0.25) is 9.59 Å². The van der Waals surface area contributed by atoms with Gasteiger partial charge in [-0.2, -0.15) is 0 Å². The average molecular weight is 377 g/mol. The molecule has 2 aromatic rings. The van der Waals surface area contributed by atoms with Crippen molar-refractivity contribution in [1.82, 2.24) is 10.3 Å². The van der Waals surface area contributed by atoms with Crippen molar-refractivity contribution >= 4 is 23.1 Å². The van der Waals surface area contributed by atoms with Crippen LogP contribution in [0.5, 0.6) is 5.75 Å². The third-order valence-electron chi connectivity index (χ3n) is 4.09. The highest BCUT2D eigenvalue weighted by Crippen LogP contribution is 2.28. The van der Waals surface area contributed by atoms with Crippen LogP contribution >= 0.6 is 11.6 Å². The van der Waals surface area contributed by atoms with Crippen molar-refractivity contribution in [3.8, 4) is 5.75 Å². The molecule has 26 heavy (non-hydrogen) atoms. The molecule has 1 atom stereocenters. The first kappa shape index (κ1) is 18.2. The van der Waals surface area contributed by atoms with E-state index in [4.69, 9.17) is 16.3 Å². The molecule has 5 nitrogen and oxygen atoms in total. The molecule has 1 fully saturated rings. The van der Waals surface area contributed by atoms with Crippen molar-refractivity contribution in [2.24, 2.45) is 0 Å². The number of aromatic nitrogens is 1. The van der Waals surface area contributed by atoms with Crippen molar-refractivity contribution in [2.75, 3.05) is 6.61 Å². The molecule has 1 aromatic heterocycles. The van der Waals surface area contributed by atoms with Crippen molar-refractivity contribution < 1.29 is 13.9 Å². The molecule has 0 saturated carbocycles. The first-order valence-electron chi connectivity index (χ1n) is 8.31. The second kappa shape index (κ2) is 7.74. The molecule has 1 aromatic carbocycles. The molecule has 1 saturated heterocycles. The van der Waals surface area contributed by atoms with Gasteiger partial charge in [0.05, 0.1) is 6.61 Å². The molecule has 0 radical (unpaired) electrons. The Balaban J connectivity index is 2.06. The van der Waals surface area contributed by atoms with Gasteiger partial charge in [0, 0.05) is 23.7 Å². The lowest BCUT2D eigenvalue weighted by atomic mass is 9.98. The normalized spacial score (nSPS) is 17.3. The van der Waals surface area contributed by atoms with E-state index in [-0.39, 0.29) is 22.7 Å². The minimum Gasteiger partial charge on any atom is -0.491 e. The van der Waals surface area contributed by atoms with Crippen LogP contribution in [0.4, 0.5) is 4.39 Å². The van der Waals surface area contributed by atoms with E-state index < -0.39 is 11.4 Å². The maximum atomic E-state index is 14.3. The van der Waals surface area contributed by atoms with Gasteiger partial charge in [-0.05, 0) is 43.2 Å². The predicted molar refractivity (Wildman–Crippen MR) is 97.9 cm³/mol. The molecule has 1 aliphatic rings. The Kier molecular flexibility index (Phi) is 5.42. The highest BCUT2D eigenvalue weighted by molar-refractivity contribution is 6.30. The quantitative estimate of drug-likeness (QED) is 0.841. The summed E-state index contributed by atoms with van der Waals surface area (Å²) in [6.07, 6.45) is 2.89. The van der Waals surface area contributed by atoms with Crippen LogP contribution < -0.4 is 15.6 Å². The molecule has 0 spiro atoms. The maximum Gasteiger partial charge on any atom is 0.267 e. The van der Waals surface area contributed by atoms with Crippen LogP contribution in [0, 0.1) is 5.82 Å². The van der Waals surface area contributed by atoms with E-state index in [1.54, 1.807) is 25.1 Å². The van der Waals surface area contributed by atoms with Crippen molar-refractivity contribution in [1.29, 1.82) is 0 Å². The van der Waals surface area contributed by atoms with Crippen LogP contribution in [0.15, 0.2) is 41.2 Å². The van der Waals surface area contributed by atoms with Gasteiger partial charge in [0.2, 0.25) is 5.91 Å². The third-order valence-corrected chi connectivity index (χ3v) is 4.39. The first-order valence-corrected chi connectivity index (χ1v) is 8.69. The summed E-state index contributed by atoms with van der Waals surface area (Å²) in [6, 6.07) is 7.56. The van der Waals surface area contributed by atoms with E-state index in [2.05, 4.69) is 10.3 Å². The summed E-state index contributed by atoms with van der Waals surface area (Å²) in [5.74, 6) is -0.371. The lowest BCUT2D eigenvalue weighted by Gasteiger charge is -2.13. The number of benzene rings is 1. The summed E-state index contributed by atoms with van der Waals surface area (Å²) in [7, 11) is 0. The third kappa shape index (κ3) is 3.96. The molecule has 2 N–H and O–H groups in total. The van der Waals surface area contributed by atoms with Crippen molar-refractivity contribution in [2.45, 2.75) is 25.8 Å². The molecule has 7 heteroatoms. The number of aromatic amines is 1. The van der Waals surface area contributed by atoms with Gasteiger partial charge in [0.15, 0.2) is 11.6 Å². The number of halogens is 2. The highest BCUT2D eigenvalue weighted by Gasteiger charge is 2.21. The summed E-state index contributed by atoms with van der Waals surface area (Å²) in [5.41, 5.74) is 1.22. The Morgan fingerprint density at radius 3 is 2.77 bits per heavy atom. The van der Waals surface area contributed by atoms with Crippen LogP contribution in [0.25, 0.3) is 5.57 Å². The molecule has 3 rings (SSSR count). The number of hydrogen-bond acceptors (Lipinski definition) is 3. The SMILES string of the molecule is CCOc1ccc(C(=C[C@H]2CCC(=O)N2)c2ccc(Cl)c(=O)[nH]2)cc1F. The lowest BCUT2D eigenvalue weighted by Crippen LogP contribution is -2.23. The molecule has 0 unspecified atom stereocenters. The van der Waals surface area contributed by atoms with Gasteiger partial charge in [-0.1, -0.05) is 23.7 Å². The van der Waals surface area contributed by atoms with Crippen LogP contribution in [0.2, 0.25) is 5.02 Å². The molecule has 0 bridgehead atoms. The number of H-pyrrole nitrogens is 1. The molecular formula is C19H18ClFN2O3. The first-order chi connectivity index (χ1) is 12.5. The van der Waals surface area contributed by atoms with Gasteiger partial charge in [-0.25, -0.2) is 4.39 Å². The Morgan fingerprint density at radius 1 is 1.35 bits per heavy atom. The summed E-state index contributed by atoms with van der Waals surface area (Å²) < 4.78 is 19.5. The van der Waals surface area contributed by atoms with E-state index in [0.29, 0.717) is 36.3 Å². The predicted octanol–water partition coefficient (Wildman–Crippen LogP) is 3.28. The average Bonchev–Trinajstić information content (AvgIpc) is 3.02. The highest BCUT2D eigenvalue weighted by atomic mass is 35.5. The Bertz CT molecular complexity index is 923. The van der Waals surface area contributed by atoms with E-state index >= 15 is 0 Å². The van der Waals surface area contributed by atoms with Gasteiger partial charge < -0.3 is 15.0 Å². The Labute approximate surface area is 154 Å². The molecular weight excluding hydrogens is 359 g/mol. The molecule has 1 aliphatic heterocycles. The van der Waals surface area contributed by atoms with Gasteiger partial charge >= 0.3 is 0 Å². The van der Waals surface area contributed by atoms with Crippen LogP contribution in [0.1, 0.15) is 31.0 Å². The standard InChI is InChI=1S/C19H18ClFN2O3/c1-2-26-17-7-3-11(9-15(17)21)13(10-12-4-8-18(24)22-12)16-6-5-14(20)19(25)23-16/h3,5-7,9-10,12H,2,4,8H2,1H3,(H,22,24)(H,23,25)/t12-/m1/s1. The van der Waals surface area contributed by atoms with Gasteiger partial charge in [-0.15, -0.1) is 0 Å². The summed E-state index contributed by atoms with van der Waals surface area (Å²) in [4.78, 5) is 26.1. The molecule has 0 aliphatic carbocycles. The summed E-state index contributed by atoms with van der Waals surface area (Å²) in [6.45, 7) is 2.14.